The second-order valence-corrected chi connectivity index (χ2v) is 5.18. The molecule has 1 atom stereocenters. The Morgan fingerprint density at radius 1 is 1.33 bits per heavy atom. The van der Waals surface area contributed by atoms with Crippen molar-refractivity contribution < 1.29 is 4.74 Å². The molecular formula is C13H27NO. The van der Waals surface area contributed by atoms with Crippen LogP contribution in [0.3, 0.4) is 0 Å². The summed E-state index contributed by atoms with van der Waals surface area (Å²) in [6, 6.07) is 0.507. The minimum atomic E-state index is -0.0274. The van der Waals surface area contributed by atoms with Crippen molar-refractivity contribution in [2.45, 2.75) is 65.0 Å². The van der Waals surface area contributed by atoms with E-state index in [-0.39, 0.29) is 5.60 Å². The van der Waals surface area contributed by atoms with E-state index in [9.17, 15) is 0 Å². The minimum absolute atomic E-state index is 0.0274. The number of hydrogen-bond donors (Lipinski definition) is 1. The van der Waals surface area contributed by atoms with Gasteiger partial charge in [0.2, 0.25) is 0 Å². The van der Waals surface area contributed by atoms with Crippen molar-refractivity contribution in [2.75, 3.05) is 13.2 Å². The van der Waals surface area contributed by atoms with Gasteiger partial charge in [-0.2, -0.15) is 0 Å². The van der Waals surface area contributed by atoms with Gasteiger partial charge in [-0.25, -0.2) is 0 Å². The van der Waals surface area contributed by atoms with Gasteiger partial charge in [0.15, 0.2) is 0 Å². The largest absolute Gasteiger partial charge is 0.374 e. The molecule has 0 aromatic heterocycles. The third-order valence-electron chi connectivity index (χ3n) is 3.60. The Hall–Kier alpha value is -0.0800. The quantitative estimate of drug-likeness (QED) is 0.702. The predicted octanol–water partition coefficient (Wildman–Crippen LogP) is 2.97. The van der Waals surface area contributed by atoms with Gasteiger partial charge in [-0.3, -0.25) is 0 Å². The SMILES string of the molecule is CCNC(CC1CCC1)C(C)(C)OCC. The number of hydrogen-bond acceptors (Lipinski definition) is 2. The number of ether oxygens (including phenoxy) is 1. The Bertz CT molecular complexity index is 175. The zero-order valence-corrected chi connectivity index (χ0v) is 10.8. The molecule has 0 radical (unpaired) electrons. The van der Waals surface area contributed by atoms with E-state index in [2.05, 4.69) is 33.0 Å². The van der Waals surface area contributed by atoms with Gasteiger partial charge in [-0.05, 0) is 39.7 Å². The van der Waals surface area contributed by atoms with E-state index < -0.39 is 0 Å². The van der Waals surface area contributed by atoms with E-state index in [1.165, 1.54) is 25.7 Å². The molecule has 1 N–H and O–H groups in total. The summed E-state index contributed by atoms with van der Waals surface area (Å²) >= 11 is 0. The van der Waals surface area contributed by atoms with Crippen LogP contribution in [0, 0.1) is 5.92 Å². The predicted molar refractivity (Wildman–Crippen MR) is 65.1 cm³/mol. The van der Waals surface area contributed by atoms with Crippen molar-refractivity contribution in [3.05, 3.63) is 0 Å². The summed E-state index contributed by atoms with van der Waals surface area (Å²) in [5.41, 5.74) is -0.0274. The molecule has 0 spiro atoms. The topological polar surface area (TPSA) is 21.3 Å². The van der Waals surface area contributed by atoms with E-state index in [1.807, 2.05) is 0 Å². The van der Waals surface area contributed by atoms with E-state index in [0.29, 0.717) is 6.04 Å². The van der Waals surface area contributed by atoms with Crippen LogP contribution in [-0.4, -0.2) is 24.8 Å². The third kappa shape index (κ3) is 3.76. The van der Waals surface area contributed by atoms with Crippen LogP contribution in [0.5, 0.6) is 0 Å². The second-order valence-electron chi connectivity index (χ2n) is 5.18. The molecular weight excluding hydrogens is 186 g/mol. The molecule has 0 aromatic rings. The van der Waals surface area contributed by atoms with E-state index in [0.717, 1.165) is 19.1 Å². The summed E-state index contributed by atoms with van der Waals surface area (Å²) in [6.45, 7) is 10.5. The summed E-state index contributed by atoms with van der Waals surface area (Å²) in [5, 5.41) is 3.58. The zero-order valence-electron chi connectivity index (χ0n) is 10.8. The molecule has 1 unspecified atom stereocenters. The lowest BCUT2D eigenvalue weighted by molar-refractivity contribution is -0.0458. The lowest BCUT2D eigenvalue weighted by Crippen LogP contribution is -2.50. The monoisotopic (exact) mass is 213 g/mol. The van der Waals surface area contributed by atoms with Gasteiger partial charge >= 0.3 is 0 Å². The Morgan fingerprint density at radius 3 is 2.40 bits per heavy atom. The molecule has 0 heterocycles. The first-order chi connectivity index (χ1) is 7.10. The highest BCUT2D eigenvalue weighted by Crippen LogP contribution is 2.33. The lowest BCUT2D eigenvalue weighted by atomic mass is 9.77. The van der Waals surface area contributed by atoms with Gasteiger partial charge in [0, 0.05) is 12.6 Å². The summed E-state index contributed by atoms with van der Waals surface area (Å²) < 4.78 is 5.85. The highest BCUT2D eigenvalue weighted by Gasteiger charge is 2.32. The molecule has 0 aromatic carbocycles. The summed E-state index contributed by atoms with van der Waals surface area (Å²) in [6.07, 6.45) is 5.55. The second kappa shape index (κ2) is 5.86. The Morgan fingerprint density at radius 2 is 2.00 bits per heavy atom. The molecule has 1 saturated carbocycles. The van der Waals surface area contributed by atoms with Crippen LogP contribution in [-0.2, 0) is 4.74 Å². The summed E-state index contributed by atoms with van der Waals surface area (Å²) in [4.78, 5) is 0. The average molecular weight is 213 g/mol. The van der Waals surface area contributed by atoms with Gasteiger partial charge < -0.3 is 10.1 Å². The molecule has 2 heteroatoms. The molecule has 0 saturated heterocycles. The van der Waals surface area contributed by atoms with Crippen molar-refractivity contribution in [3.63, 3.8) is 0 Å². The van der Waals surface area contributed by atoms with Crippen LogP contribution in [0.2, 0.25) is 0 Å². The first kappa shape index (κ1) is 13.0. The number of rotatable bonds is 7. The molecule has 90 valence electrons. The maximum Gasteiger partial charge on any atom is 0.0778 e. The van der Waals surface area contributed by atoms with Crippen molar-refractivity contribution in [1.82, 2.24) is 5.32 Å². The normalized spacial score (nSPS) is 20.0. The Labute approximate surface area is 94.8 Å². The third-order valence-corrected chi connectivity index (χ3v) is 3.60. The molecule has 1 aliphatic rings. The van der Waals surface area contributed by atoms with Crippen molar-refractivity contribution in [3.8, 4) is 0 Å². The van der Waals surface area contributed by atoms with Crippen LogP contribution in [0.4, 0.5) is 0 Å². The van der Waals surface area contributed by atoms with Gasteiger partial charge in [0.1, 0.15) is 0 Å². The Balaban J connectivity index is 2.46. The van der Waals surface area contributed by atoms with Crippen LogP contribution >= 0.6 is 0 Å². The van der Waals surface area contributed by atoms with Crippen LogP contribution in [0.25, 0.3) is 0 Å². The number of nitrogens with one attached hydrogen (secondary N) is 1. The van der Waals surface area contributed by atoms with Crippen LogP contribution in [0.15, 0.2) is 0 Å². The van der Waals surface area contributed by atoms with Crippen molar-refractivity contribution >= 4 is 0 Å². The first-order valence-corrected chi connectivity index (χ1v) is 6.47. The molecule has 1 rings (SSSR count). The van der Waals surface area contributed by atoms with Crippen LogP contribution < -0.4 is 5.32 Å². The van der Waals surface area contributed by atoms with Gasteiger partial charge in [0.05, 0.1) is 5.60 Å². The maximum absolute atomic E-state index is 5.85. The first-order valence-electron chi connectivity index (χ1n) is 6.47. The number of likely N-dealkylation sites (N-methyl/N-ethyl adjacent to an activating group) is 1. The fourth-order valence-corrected chi connectivity index (χ4v) is 2.39. The molecule has 1 aliphatic carbocycles. The molecule has 0 aliphatic heterocycles. The summed E-state index contributed by atoms with van der Waals surface area (Å²) in [7, 11) is 0. The highest BCUT2D eigenvalue weighted by molar-refractivity contribution is 4.89. The van der Waals surface area contributed by atoms with Crippen LogP contribution in [0.1, 0.15) is 53.4 Å². The molecule has 0 bridgehead atoms. The average Bonchev–Trinajstić information content (AvgIpc) is 2.08. The fraction of sp³-hybridized carbons (Fsp3) is 1.00. The van der Waals surface area contributed by atoms with Gasteiger partial charge in [-0.1, -0.05) is 26.2 Å². The lowest BCUT2D eigenvalue weighted by Gasteiger charge is -2.39. The fourth-order valence-electron chi connectivity index (χ4n) is 2.39. The standard InChI is InChI=1S/C13H27NO/c1-5-14-12(10-11-8-7-9-11)13(3,4)15-6-2/h11-12,14H,5-10H2,1-4H3. The molecule has 1 fully saturated rings. The zero-order chi connectivity index (χ0) is 11.3. The van der Waals surface area contributed by atoms with E-state index >= 15 is 0 Å². The summed E-state index contributed by atoms with van der Waals surface area (Å²) in [5.74, 6) is 0.939. The minimum Gasteiger partial charge on any atom is -0.374 e. The smallest absolute Gasteiger partial charge is 0.0778 e. The highest BCUT2D eigenvalue weighted by atomic mass is 16.5. The van der Waals surface area contributed by atoms with Gasteiger partial charge in [-0.15, -0.1) is 0 Å². The molecule has 2 nitrogen and oxygen atoms in total. The van der Waals surface area contributed by atoms with Crippen molar-refractivity contribution in [1.29, 1.82) is 0 Å². The van der Waals surface area contributed by atoms with Crippen molar-refractivity contribution in [2.24, 2.45) is 5.92 Å². The van der Waals surface area contributed by atoms with E-state index in [4.69, 9.17) is 4.74 Å². The Kier molecular flexibility index (Phi) is 5.07. The molecule has 0 amide bonds. The van der Waals surface area contributed by atoms with Gasteiger partial charge in [0.25, 0.3) is 0 Å². The van der Waals surface area contributed by atoms with E-state index in [1.54, 1.807) is 0 Å². The molecule has 15 heavy (non-hydrogen) atoms. The maximum atomic E-state index is 5.85.